The van der Waals surface area contributed by atoms with Crippen molar-refractivity contribution in [2.24, 2.45) is 0 Å². The number of benzene rings is 1. The van der Waals surface area contributed by atoms with Crippen LogP contribution in [0.3, 0.4) is 0 Å². The van der Waals surface area contributed by atoms with Crippen molar-refractivity contribution in [3.8, 4) is 11.3 Å². The third-order valence-electron chi connectivity index (χ3n) is 2.00. The lowest BCUT2D eigenvalue weighted by Crippen LogP contribution is -1.84. The Morgan fingerprint density at radius 2 is 2.07 bits per heavy atom. The van der Waals surface area contributed by atoms with Gasteiger partial charge in [0.05, 0.1) is 10.9 Å². The van der Waals surface area contributed by atoms with Crippen LogP contribution in [0.2, 0.25) is 5.02 Å². The Kier molecular flexibility index (Phi) is 3.34. The molecule has 0 fully saturated rings. The zero-order valence-corrected chi connectivity index (χ0v) is 10.6. The minimum Gasteiger partial charge on any atom is -0.348 e. The lowest BCUT2D eigenvalue weighted by Gasteiger charge is -2.00. The molecular formula is C10H6BrCl2NO. The molecule has 0 saturated carbocycles. The van der Waals surface area contributed by atoms with Crippen LogP contribution in [0.15, 0.2) is 33.5 Å². The van der Waals surface area contributed by atoms with Crippen molar-refractivity contribution in [1.82, 2.24) is 5.16 Å². The second-order valence-electron chi connectivity index (χ2n) is 2.90. The van der Waals surface area contributed by atoms with Gasteiger partial charge in [-0.15, -0.1) is 11.6 Å². The van der Waals surface area contributed by atoms with Gasteiger partial charge in [-0.1, -0.05) is 35.0 Å². The van der Waals surface area contributed by atoms with Crippen LogP contribution in [0.5, 0.6) is 0 Å². The fourth-order valence-electron chi connectivity index (χ4n) is 1.27. The maximum atomic E-state index is 6.06. The highest BCUT2D eigenvalue weighted by molar-refractivity contribution is 9.10. The molecule has 2 aromatic rings. The molecule has 0 N–H and O–H groups in total. The summed E-state index contributed by atoms with van der Waals surface area (Å²) in [6.07, 6.45) is 0. The third-order valence-corrected chi connectivity index (χ3v) is 3.22. The van der Waals surface area contributed by atoms with E-state index in [-0.39, 0.29) is 0 Å². The van der Waals surface area contributed by atoms with E-state index in [4.69, 9.17) is 27.7 Å². The van der Waals surface area contributed by atoms with E-state index >= 15 is 0 Å². The molecule has 2 rings (SSSR count). The summed E-state index contributed by atoms with van der Waals surface area (Å²) in [5.41, 5.74) is 2.32. The number of aromatic nitrogens is 1. The number of rotatable bonds is 2. The molecule has 1 aromatic heterocycles. The molecule has 1 aromatic carbocycles. The third kappa shape index (κ3) is 2.05. The molecule has 1 heterocycles. The van der Waals surface area contributed by atoms with Crippen molar-refractivity contribution in [2.75, 3.05) is 0 Å². The second-order valence-corrected chi connectivity index (χ2v) is 4.29. The summed E-state index contributed by atoms with van der Waals surface area (Å²) in [5.74, 6) is 0.324. The van der Waals surface area contributed by atoms with Crippen LogP contribution in [0.25, 0.3) is 11.3 Å². The molecule has 0 spiro atoms. The van der Waals surface area contributed by atoms with Crippen LogP contribution >= 0.6 is 39.1 Å². The average molecular weight is 307 g/mol. The Labute approximate surface area is 105 Å². The van der Waals surface area contributed by atoms with Gasteiger partial charge in [0.1, 0.15) is 5.69 Å². The molecule has 0 radical (unpaired) electrons. The monoisotopic (exact) mass is 305 g/mol. The first-order valence-electron chi connectivity index (χ1n) is 4.19. The van der Waals surface area contributed by atoms with Crippen molar-refractivity contribution in [3.63, 3.8) is 0 Å². The Morgan fingerprint density at radius 3 is 2.73 bits per heavy atom. The molecule has 0 aliphatic carbocycles. The van der Waals surface area contributed by atoms with Gasteiger partial charge in [-0.05, 0) is 22.0 Å². The van der Waals surface area contributed by atoms with Crippen molar-refractivity contribution in [3.05, 3.63) is 39.5 Å². The summed E-state index contributed by atoms with van der Waals surface area (Å²) in [6, 6.07) is 7.43. The van der Waals surface area contributed by atoms with Crippen LogP contribution in [0.1, 0.15) is 5.56 Å². The van der Waals surface area contributed by atoms with E-state index in [1.807, 2.05) is 18.2 Å². The van der Waals surface area contributed by atoms with Crippen molar-refractivity contribution in [2.45, 2.75) is 5.88 Å². The molecule has 2 nitrogen and oxygen atoms in total. The number of hydrogen-bond donors (Lipinski definition) is 0. The predicted octanol–water partition coefficient (Wildman–Crippen LogP) is 4.50. The van der Waals surface area contributed by atoms with E-state index in [9.17, 15) is 0 Å². The van der Waals surface area contributed by atoms with E-state index in [2.05, 4.69) is 21.1 Å². The minimum absolute atomic E-state index is 0.324. The van der Waals surface area contributed by atoms with Crippen LogP contribution in [0.4, 0.5) is 0 Å². The maximum Gasteiger partial charge on any atom is 0.206 e. The first-order valence-corrected chi connectivity index (χ1v) is 5.89. The number of halogens is 3. The molecule has 0 unspecified atom stereocenters. The van der Waals surface area contributed by atoms with Gasteiger partial charge >= 0.3 is 0 Å². The highest BCUT2D eigenvalue weighted by Crippen LogP contribution is 2.33. The summed E-state index contributed by atoms with van der Waals surface area (Å²) in [5, 5.41) is 4.56. The van der Waals surface area contributed by atoms with Gasteiger partial charge in [0, 0.05) is 11.1 Å². The maximum absolute atomic E-state index is 6.06. The molecule has 0 aliphatic rings. The fraction of sp³-hybridized carbons (Fsp3) is 0.100. The lowest BCUT2D eigenvalue weighted by atomic mass is 10.1. The quantitative estimate of drug-likeness (QED) is 0.764. The van der Waals surface area contributed by atoms with Gasteiger partial charge < -0.3 is 4.52 Å². The molecule has 78 valence electrons. The topological polar surface area (TPSA) is 26.0 Å². The first-order chi connectivity index (χ1) is 7.24. The van der Waals surface area contributed by atoms with E-state index in [1.54, 1.807) is 6.07 Å². The highest BCUT2D eigenvalue weighted by atomic mass is 79.9. The predicted molar refractivity (Wildman–Crippen MR) is 64.2 cm³/mol. The first kappa shape index (κ1) is 11.0. The van der Waals surface area contributed by atoms with Crippen molar-refractivity contribution >= 4 is 39.1 Å². The normalized spacial score (nSPS) is 10.6. The molecule has 0 amide bonds. The highest BCUT2D eigenvalue weighted by Gasteiger charge is 2.16. The molecular weight excluding hydrogens is 301 g/mol. The van der Waals surface area contributed by atoms with Crippen LogP contribution < -0.4 is 0 Å². The van der Waals surface area contributed by atoms with E-state index in [0.29, 0.717) is 21.3 Å². The van der Waals surface area contributed by atoms with Gasteiger partial charge in [0.25, 0.3) is 0 Å². The molecule has 15 heavy (non-hydrogen) atoms. The Morgan fingerprint density at radius 1 is 1.33 bits per heavy atom. The van der Waals surface area contributed by atoms with Gasteiger partial charge in [-0.3, -0.25) is 0 Å². The van der Waals surface area contributed by atoms with E-state index < -0.39 is 0 Å². The number of nitrogens with zero attached hydrogens (tertiary/aromatic N) is 1. The molecule has 0 atom stereocenters. The number of alkyl halides is 1. The van der Waals surface area contributed by atoms with Gasteiger partial charge in [0.15, 0.2) is 0 Å². The van der Waals surface area contributed by atoms with E-state index in [1.165, 1.54) is 0 Å². The Hall–Kier alpha value is -0.510. The Bertz CT molecular complexity index is 484. The molecule has 0 aliphatic heterocycles. The largest absolute Gasteiger partial charge is 0.348 e. The fourth-order valence-corrected chi connectivity index (χ4v) is 2.30. The minimum atomic E-state index is 0.324. The standard InChI is InChI=1S/C10H6BrCl2NO/c11-10-7(5-12)9(14-15-10)6-3-1-2-4-8(6)13/h1-4H,5H2. The summed E-state index contributed by atoms with van der Waals surface area (Å²) in [4.78, 5) is 0. The van der Waals surface area contributed by atoms with Gasteiger partial charge in [-0.25, -0.2) is 0 Å². The summed E-state index contributed by atoms with van der Waals surface area (Å²) < 4.78 is 5.57. The Balaban J connectivity index is 2.59. The molecule has 0 bridgehead atoms. The zero-order chi connectivity index (χ0) is 10.8. The summed E-state index contributed by atoms with van der Waals surface area (Å²) in [7, 11) is 0. The lowest BCUT2D eigenvalue weighted by molar-refractivity contribution is 0.401. The van der Waals surface area contributed by atoms with Gasteiger partial charge in [-0.2, -0.15) is 0 Å². The van der Waals surface area contributed by atoms with Gasteiger partial charge in [0.2, 0.25) is 4.67 Å². The number of hydrogen-bond acceptors (Lipinski definition) is 2. The average Bonchev–Trinajstić information content (AvgIpc) is 2.60. The molecule has 5 heteroatoms. The summed E-state index contributed by atoms with van der Waals surface area (Å²) >= 11 is 15.1. The zero-order valence-electron chi connectivity index (χ0n) is 7.51. The van der Waals surface area contributed by atoms with Crippen molar-refractivity contribution in [1.29, 1.82) is 0 Å². The molecule has 0 saturated heterocycles. The second kappa shape index (κ2) is 4.56. The smallest absolute Gasteiger partial charge is 0.206 e. The summed E-state index contributed by atoms with van der Waals surface area (Å²) in [6.45, 7) is 0. The van der Waals surface area contributed by atoms with E-state index in [0.717, 1.165) is 11.1 Å². The van der Waals surface area contributed by atoms with Crippen LogP contribution in [0, 0.1) is 0 Å². The van der Waals surface area contributed by atoms with Crippen LogP contribution in [-0.4, -0.2) is 5.16 Å². The SMILES string of the molecule is ClCc1c(-c2ccccc2Cl)noc1Br. The van der Waals surface area contributed by atoms with Crippen LogP contribution in [-0.2, 0) is 5.88 Å². The van der Waals surface area contributed by atoms with Crippen molar-refractivity contribution < 1.29 is 4.52 Å².